The Labute approximate surface area is 121 Å². The molecule has 5 nitrogen and oxygen atoms in total. The molecule has 1 rings (SSSR count). The van der Waals surface area contributed by atoms with Gasteiger partial charge in [0.25, 0.3) is 5.91 Å². The molecule has 1 aromatic carbocycles. The quantitative estimate of drug-likeness (QED) is 0.837. The van der Waals surface area contributed by atoms with Crippen molar-refractivity contribution in [2.24, 2.45) is 0 Å². The largest absolute Gasteiger partial charge is 0.352 e. The molecule has 0 unspecified atom stereocenters. The number of nitrogens with zero attached hydrogens (tertiary/aromatic N) is 1. The minimum atomic E-state index is -3.28. The van der Waals surface area contributed by atoms with Gasteiger partial charge in [-0.15, -0.1) is 0 Å². The Kier molecular flexibility index (Phi) is 6.01. The molecule has 0 spiro atoms. The second-order valence-electron chi connectivity index (χ2n) is 4.37. The molecule has 1 aromatic rings. The predicted molar refractivity (Wildman–Crippen MR) is 81.5 cm³/mol. The lowest BCUT2D eigenvalue weighted by Gasteiger charge is -2.22. The molecule has 0 bridgehead atoms. The lowest BCUT2D eigenvalue weighted by Crippen LogP contribution is -2.32. The summed E-state index contributed by atoms with van der Waals surface area (Å²) in [6.07, 6.45) is 0.877. The molecule has 0 atom stereocenters. The molecule has 0 radical (unpaired) electrons. The van der Waals surface area contributed by atoms with Gasteiger partial charge < -0.3 is 5.32 Å². The first-order valence-electron chi connectivity index (χ1n) is 6.84. The Morgan fingerprint density at radius 3 is 2.20 bits per heavy atom. The van der Waals surface area contributed by atoms with Crippen molar-refractivity contribution in [1.82, 2.24) is 5.32 Å². The molecule has 0 aromatic heterocycles. The van der Waals surface area contributed by atoms with E-state index in [1.54, 1.807) is 38.1 Å². The molecule has 1 amide bonds. The maximum Gasteiger partial charge on any atom is 0.251 e. The fourth-order valence-electron chi connectivity index (χ4n) is 1.82. The summed E-state index contributed by atoms with van der Waals surface area (Å²) in [5.74, 6) is -0.0839. The van der Waals surface area contributed by atoms with Crippen LogP contribution in [0.5, 0.6) is 0 Å². The number of carbonyl (C=O) groups is 1. The van der Waals surface area contributed by atoms with Crippen LogP contribution in [0.15, 0.2) is 24.3 Å². The lowest BCUT2D eigenvalue weighted by atomic mass is 10.2. The standard InChI is InChI=1S/C14H22N2O3S/c1-4-11-15-14(17)12-7-9-13(10-8-12)16(5-2)20(18,19)6-3/h7-10H,4-6,11H2,1-3H3,(H,15,17). The van der Waals surface area contributed by atoms with Crippen molar-refractivity contribution < 1.29 is 13.2 Å². The Morgan fingerprint density at radius 2 is 1.75 bits per heavy atom. The summed E-state index contributed by atoms with van der Waals surface area (Å²) in [6.45, 7) is 6.39. The van der Waals surface area contributed by atoms with Gasteiger partial charge in [-0.3, -0.25) is 9.10 Å². The van der Waals surface area contributed by atoms with E-state index in [2.05, 4.69) is 5.32 Å². The van der Waals surface area contributed by atoms with Crippen molar-refractivity contribution in [2.75, 3.05) is 23.1 Å². The maximum absolute atomic E-state index is 11.9. The van der Waals surface area contributed by atoms with Crippen LogP contribution in [0.3, 0.4) is 0 Å². The lowest BCUT2D eigenvalue weighted by molar-refractivity contribution is 0.0953. The monoisotopic (exact) mass is 298 g/mol. The summed E-state index contributed by atoms with van der Waals surface area (Å²) in [5.41, 5.74) is 1.12. The zero-order valence-corrected chi connectivity index (χ0v) is 13.0. The summed E-state index contributed by atoms with van der Waals surface area (Å²) in [7, 11) is -3.28. The zero-order valence-electron chi connectivity index (χ0n) is 12.2. The van der Waals surface area contributed by atoms with Crippen molar-refractivity contribution in [3.63, 3.8) is 0 Å². The van der Waals surface area contributed by atoms with Crippen LogP contribution in [0.25, 0.3) is 0 Å². The van der Waals surface area contributed by atoms with E-state index >= 15 is 0 Å². The molecular weight excluding hydrogens is 276 g/mol. The summed E-state index contributed by atoms with van der Waals surface area (Å²) >= 11 is 0. The fraction of sp³-hybridized carbons (Fsp3) is 0.500. The summed E-state index contributed by atoms with van der Waals surface area (Å²) < 4.78 is 25.2. The van der Waals surface area contributed by atoms with Gasteiger partial charge in [-0.2, -0.15) is 0 Å². The van der Waals surface area contributed by atoms with E-state index in [9.17, 15) is 13.2 Å². The summed E-state index contributed by atoms with van der Waals surface area (Å²) in [5, 5.41) is 2.78. The van der Waals surface area contributed by atoms with E-state index in [0.717, 1.165) is 6.42 Å². The normalized spacial score (nSPS) is 11.2. The van der Waals surface area contributed by atoms with Gasteiger partial charge in [-0.25, -0.2) is 8.42 Å². The molecular formula is C14H22N2O3S. The molecule has 0 aliphatic carbocycles. The number of hydrogen-bond acceptors (Lipinski definition) is 3. The first-order chi connectivity index (χ1) is 9.46. The van der Waals surface area contributed by atoms with Crippen LogP contribution in [-0.4, -0.2) is 33.2 Å². The highest BCUT2D eigenvalue weighted by molar-refractivity contribution is 7.92. The molecule has 1 N–H and O–H groups in total. The van der Waals surface area contributed by atoms with Gasteiger partial charge in [-0.05, 0) is 44.5 Å². The summed E-state index contributed by atoms with van der Waals surface area (Å²) in [6, 6.07) is 6.62. The molecule has 20 heavy (non-hydrogen) atoms. The van der Waals surface area contributed by atoms with Crippen molar-refractivity contribution >= 4 is 21.6 Å². The molecule has 0 fully saturated rings. The number of nitrogens with one attached hydrogen (secondary N) is 1. The van der Waals surface area contributed by atoms with Crippen LogP contribution in [-0.2, 0) is 10.0 Å². The van der Waals surface area contributed by atoms with E-state index in [-0.39, 0.29) is 11.7 Å². The van der Waals surface area contributed by atoms with Gasteiger partial charge in [0.15, 0.2) is 0 Å². The Hall–Kier alpha value is -1.56. The van der Waals surface area contributed by atoms with Crippen LogP contribution in [0.2, 0.25) is 0 Å². The van der Waals surface area contributed by atoms with Crippen LogP contribution in [0, 0.1) is 0 Å². The molecule has 0 saturated heterocycles. The first-order valence-corrected chi connectivity index (χ1v) is 8.45. The zero-order chi connectivity index (χ0) is 15.2. The van der Waals surface area contributed by atoms with Gasteiger partial charge in [0.05, 0.1) is 11.4 Å². The van der Waals surface area contributed by atoms with Gasteiger partial charge in [-0.1, -0.05) is 6.92 Å². The predicted octanol–water partition coefficient (Wildman–Crippen LogP) is 2.00. The number of amides is 1. The molecule has 0 heterocycles. The highest BCUT2D eigenvalue weighted by Gasteiger charge is 2.18. The third-order valence-corrected chi connectivity index (χ3v) is 4.81. The number of anilines is 1. The average molecular weight is 298 g/mol. The maximum atomic E-state index is 11.9. The SMILES string of the molecule is CCCNC(=O)c1ccc(N(CC)S(=O)(=O)CC)cc1. The number of hydrogen-bond donors (Lipinski definition) is 1. The second-order valence-corrected chi connectivity index (χ2v) is 6.55. The topological polar surface area (TPSA) is 66.5 Å². The molecule has 0 aliphatic rings. The number of benzene rings is 1. The van der Waals surface area contributed by atoms with E-state index < -0.39 is 10.0 Å². The minimum Gasteiger partial charge on any atom is -0.352 e. The van der Waals surface area contributed by atoms with Gasteiger partial charge in [0.2, 0.25) is 10.0 Å². The molecule has 112 valence electrons. The van der Waals surface area contributed by atoms with E-state index in [4.69, 9.17) is 0 Å². The van der Waals surface area contributed by atoms with Gasteiger partial charge >= 0.3 is 0 Å². The average Bonchev–Trinajstić information content (AvgIpc) is 2.46. The Bertz CT molecular complexity index is 538. The van der Waals surface area contributed by atoms with Crippen LogP contribution in [0.4, 0.5) is 5.69 Å². The van der Waals surface area contributed by atoms with E-state index in [1.165, 1.54) is 4.31 Å². The third kappa shape index (κ3) is 3.96. The molecule has 0 saturated carbocycles. The molecule has 6 heteroatoms. The van der Waals surface area contributed by atoms with Crippen LogP contribution < -0.4 is 9.62 Å². The van der Waals surface area contributed by atoms with Gasteiger partial charge in [0.1, 0.15) is 0 Å². The molecule has 0 aliphatic heterocycles. The van der Waals surface area contributed by atoms with Crippen LogP contribution in [0.1, 0.15) is 37.6 Å². The van der Waals surface area contributed by atoms with E-state index in [1.807, 2.05) is 6.92 Å². The number of rotatable bonds is 7. The Morgan fingerprint density at radius 1 is 1.15 bits per heavy atom. The van der Waals surface area contributed by atoms with Crippen LogP contribution >= 0.6 is 0 Å². The number of sulfonamides is 1. The highest BCUT2D eigenvalue weighted by Crippen LogP contribution is 2.19. The van der Waals surface area contributed by atoms with Gasteiger partial charge in [0, 0.05) is 18.7 Å². The summed E-state index contributed by atoms with van der Waals surface area (Å²) in [4.78, 5) is 11.8. The Balaban J connectivity index is 2.93. The second kappa shape index (κ2) is 7.28. The number of carbonyl (C=O) groups excluding carboxylic acids is 1. The van der Waals surface area contributed by atoms with E-state index in [0.29, 0.717) is 24.3 Å². The van der Waals surface area contributed by atoms with Crippen molar-refractivity contribution in [3.05, 3.63) is 29.8 Å². The fourth-order valence-corrected chi connectivity index (χ4v) is 2.96. The third-order valence-electron chi connectivity index (χ3n) is 2.94. The highest BCUT2D eigenvalue weighted by atomic mass is 32.2. The van der Waals surface area contributed by atoms with Crippen molar-refractivity contribution in [2.45, 2.75) is 27.2 Å². The first kappa shape index (κ1) is 16.5. The van der Waals surface area contributed by atoms with Crippen molar-refractivity contribution in [1.29, 1.82) is 0 Å². The smallest absolute Gasteiger partial charge is 0.251 e. The minimum absolute atomic E-state index is 0.0551. The van der Waals surface area contributed by atoms with Crippen molar-refractivity contribution in [3.8, 4) is 0 Å².